The van der Waals surface area contributed by atoms with Crippen molar-refractivity contribution in [1.82, 2.24) is 10.2 Å². The van der Waals surface area contributed by atoms with Gasteiger partial charge in [-0.05, 0) is 6.07 Å². The quantitative estimate of drug-likeness (QED) is 0.675. The molecule has 6 heteroatoms. The minimum Gasteiger partial charge on any atom is -0.282 e. The highest BCUT2D eigenvalue weighted by Crippen LogP contribution is 2.02. The van der Waals surface area contributed by atoms with Gasteiger partial charge in [0.15, 0.2) is 0 Å². The molecule has 0 saturated carbocycles. The molecule has 0 aromatic carbocycles. The molecule has 0 bridgehead atoms. The lowest BCUT2D eigenvalue weighted by atomic mass is 10.5. The van der Waals surface area contributed by atoms with Crippen molar-refractivity contribution < 1.29 is 8.42 Å². The van der Waals surface area contributed by atoms with Crippen molar-refractivity contribution in [3.8, 4) is 0 Å². The first kappa shape index (κ1) is 7.93. The van der Waals surface area contributed by atoms with Gasteiger partial charge in [0, 0.05) is 0 Å². The van der Waals surface area contributed by atoms with Gasteiger partial charge < -0.3 is 0 Å². The molecule has 0 aliphatic rings. The zero-order valence-electron chi connectivity index (χ0n) is 5.85. The maximum Gasteiger partial charge on any atom is 0.229 e. The molecule has 5 nitrogen and oxygen atoms in total. The molecule has 1 heterocycles. The highest BCUT2D eigenvalue weighted by molar-refractivity contribution is 7.92. The van der Waals surface area contributed by atoms with Gasteiger partial charge in [-0.25, -0.2) is 8.42 Å². The average Bonchev–Trinajstić information content (AvgIpc) is 1.85. The van der Waals surface area contributed by atoms with Crippen molar-refractivity contribution in [2.45, 2.75) is 0 Å². The Bertz CT molecular complexity index is 321. The fraction of sp³-hybridized carbons (Fsp3) is 0.200. The van der Waals surface area contributed by atoms with Crippen molar-refractivity contribution in [3.05, 3.63) is 18.5 Å². The molecule has 1 aromatic rings. The first-order valence-corrected chi connectivity index (χ1v) is 4.71. The van der Waals surface area contributed by atoms with E-state index in [2.05, 4.69) is 14.9 Å². The second-order valence-corrected chi connectivity index (χ2v) is 3.75. The second-order valence-electron chi connectivity index (χ2n) is 2.01. The first-order chi connectivity index (χ1) is 5.08. The summed E-state index contributed by atoms with van der Waals surface area (Å²) < 4.78 is 23.5. The molecule has 0 unspecified atom stereocenters. The lowest BCUT2D eigenvalue weighted by Gasteiger charge is -1.99. The molecule has 0 amide bonds. The molecule has 0 fully saturated rings. The van der Waals surface area contributed by atoms with Crippen molar-refractivity contribution >= 4 is 15.7 Å². The minimum atomic E-state index is -3.19. The lowest BCUT2D eigenvalue weighted by Crippen LogP contribution is -2.09. The third-order valence-electron chi connectivity index (χ3n) is 0.887. The number of rotatable bonds is 2. The molecule has 0 aliphatic heterocycles. The third-order valence-corrected chi connectivity index (χ3v) is 1.49. The summed E-state index contributed by atoms with van der Waals surface area (Å²) in [5.41, 5.74) is 0.419. The average molecular weight is 173 g/mol. The largest absolute Gasteiger partial charge is 0.282 e. The molecular weight excluding hydrogens is 166 g/mol. The summed E-state index contributed by atoms with van der Waals surface area (Å²) in [6.07, 6.45) is 3.82. The van der Waals surface area contributed by atoms with Crippen LogP contribution in [0.4, 0.5) is 5.69 Å². The van der Waals surface area contributed by atoms with Gasteiger partial charge in [-0.2, -0.15) is 10.2 Å². The highest BCUT2D eigenvalue weighted by atomic mass is 32.2. The zero-order valence-corrected chi connectivity index (χ0v) is 6.67. The van der Waals surface area contributed by atoms with Crippen LogP contribution in [0.2, 0.25) is 0 Å². The summed E-state index contributed by atoms with van der Waals surface area (Å²) in [5.74, 6) is 0. The molecule has 1 N–H and O–H groups in total. The predicted molar refractivity (Wildman–Crippen MR) is 40.5 cm³/mol. The number of hydrogen-bond donors (Lipinski definition) is 1. The number of nitrogens with one attached hydrogen (secondary N) is 1. The summed E-state index contributed by atoms with van der Waals surface area (Å²) in [7, 11) is -3.19. The van der Waals surface area contributed by atoms with Crippen LogP contribution < -0.4 is 4.72 Å². The second kappa shape index (κ2) is 2.83. The third kappa shape index (κ3) is 2.94. The van der Waals surface area contributed by atoms with E-state index in [9.17, 15) is 8.42 Å². The maximum absolute atomic E-state index is 10.6. The fourth-order valence-electron chi connectivity index (χ4n) is 0.565. The smallest absolute Gasteiger partial charge is 0.229 e. The summed E-state index contributed by atoms with van der Waals surface area (Å²) in [6, 6.07) is 1.52. The number of hydrogen-bond acceptors (Lipinski definition) is 4. The van der Waals surface area contributed by atoms with Crippen LogP contribution in [-0.4, -0.2) is 24.9 Å². The van der Waals surface area contributed by atoms with Gasteiger partial charge in [0.25, 0.3) is 0 Å². The van der Waals surface area contributed by atoms with Crippen LogP contribution in [0.1, 0.15) is 0 Å². The van der Waals surface area contributed by atoms with E-state index in [4.69, 9.17) is 0 Å². The van der Waals surface area contributed by atoms with Crippen LogP contribution in [0.5, 0.6) is 0 Å². The molecule has 0 spiro atoms. The van der Waals surface area contributed by atoms with Gasteiger partial charge in [-0.15, -0.1) is 0 Å². The van der Waals surface area contributed by atoms with Crippen LogP contribution in [-0.2, 0) is 10.0 Å². The molecule has 60 valence electrons. The highest BCUT2D eigenvalue weighted by Gasteiger charge is 1.99. The van der Waals surface area contributed by atoms with Crippen LogP contribution in [0.15, 0.2) is 18.5 Å². The van der Waals surface area contributed by atoms with E-state index in [0.29, 0.717) is 5.69 Å². The fourth-order valence-corrected chi connectivity index (χ4v) is 1.11. The Morgan fingerprint density at radius 3 is 2.64 bits per heavy atom. The van der Waals surface area contributed by atoms with Gasteiger partial charge in [0.1, 0.15) is 0 Å². The summed E-state index contributed by atoms with van der Waals surface area (Å²) >= 11 is 0. The van der Waals surface area contributed by atoms with E-state index in [1.807, 2.05) is 0 Å². The molecule has 11 heavy (non-hydrogen) atoms. The topological polar surface area (TPSA) is 72.0 Å². The Hall–Kier alpha value is -1.17. The van der Waals surface area contributed by atoms with Crippen molar-refractivity contribution in [2.24, 2.45) is 0 Å². The number of anilines is 1. The minimum absolute atomic E-state index is 0.419. The molecule has 1 aromatic heterocycles. The Morgan fingerprint density at radius 2 is 2.18 bits per heavy atom. The van der Waals surface area contributed by atoms with Gasteiger partial charge in [0.05, 0.1) is 24.3 Å². The molecule has 0 aliphatic carbocycles. The van der Waals surface area contributed by atoms with E-state index in [0.717, 1.165) is 6.26 Å². The number of aromatic nitrogens is 2. The number of nitrogens with zero attached hydrogens (tertiary/aromatic N) is 2. The monoisotopic (exact) mass is 173 g/mol. The molecular formula is C5H7N3O2S. The van der Waals surface area contributed by atoms with Gasteiger partial charge in [0.2, 0.25) is 10.0 Å². The van der Waals surface area contributed by atoms with Crippen molar-refractivity contribution in [3.63, 3.8) is 0 Å². The van der Waals surface area contributed by atoms with E-state index < -0.39 is 10.0 Å². The normalized spacial score (nSPS) is 11.0. The van der Waals surface area contributed by atoms with Crippen molar-refractivity contribution in [1.29, 1.82) is 0 Å². The Labute approximate surface area is 64.5 Å². The van der Waals surface area contributed by atoms with Gasteiger partial charge in [-0.1, -0.05) is 0 Å². The summed E-state index contributed by atoms with van der Waals surface area (Å²) in [4.78, 5) is 0. The van der Waals surface area contributed by atoms with E-state index in [1.54, 1.807) is 0 Å². The molecule has 0 saturated heterocycles. The van der Waals surface area contributed by atoms with Crippen molar-refractivity contribution in [2.75, 3.05) is 11.0 Å². The van der Waals surface area contributed by atoms with Gasteiger partial charge in [-0.3, -0.25) is 4.72 Å². The summed E-state index contributed by atoms with van der Waals surface area (Å²) in [6.45, 7) is 0. The van der Waals surface area contributed by atoms with Crippen LogP contribution in [0.25, 0.3) is 0 Å². The van der Waals surface area contributed by atoms with E-state index in [-0.39, 0.29) is 0 Å². The van der Waals surface area contributed by atoms with Crippen LogP contribution >= 0.6 is 0 Å². The Morgan fingerprint density at radius 1 is 1.45 bits per heavy atom. The predicted octanol–water partition coefficient (Wildman–Crippen LogP) is -0.152. The summed E-state index contributed by atoms with van der Waals surface area (Å²) in [5, 5.41) is 6.98. The lowest BCUT2D eigenvalue weighted by molar-refractivity contribution is 0.607. The Kier molecular flexibility index (Phi) is 2.04. The zero-order chi connectivity index (χ0) is 8.32. The van der Waals surface area contributed by atoms with Crippen LogP contribution in [0.3, 0.4) is 0 Å². The maximum atomic E-state index is 10.6. The first-order valence-electron chi connectivity index (χ1n) is 2.82. The molecule has 0 radical (unpaired) electrons. The van der Waals surface area contributed by atoms with Crippen LogP contribution in [0, 0.1) is 0 Å². The van der Waals surface area contributed by atoms with E-state index in [1.165, 1.54) is 18.5 Å². The SMILES string of the molecule is CS(=O)(=O)Nc1ccnnc1. The Balaban J connectivity index is 2.82. The van der Waals surface area contributed by atoms with E-state index >= 15 is 0 Å². The standard InChI is InChI=1S/C5H7N3O2S/c1-11(9,10)8-5-2-3-6-7-4-5/h2-4H,1H3,(H,6,8). The number of sulfonamides is 1. The van der Waals surface area contributed by atoms with Gasteiger partial charge >= 0.3 is 0 Å². The molecule has 1 rings (SSSR count). The molecule has 0 atom stereocenters.